The number of Topliss-reactive ketones (excluding diaryl/α,β-unsaturated/α-hetero) is 1. The second-order valence-electron chi connectivity index (χ2n) is 4.21. The highest BCUT2D eigenvalue weighted by molar-refractivity contribution is 5.96. The zero-order chi connectivity index (χ0) is 14.3. The summed E-state index contributed by atoms with van der Waals surface area (Å²) in [7, 11) is 0. The maximum absolute atomic E-state index is 11.8. The van der Waals surface area contributed by atoms with Crippen LogP contribution in [-0.2, 0) is 9.53 Å². The Morgan fingerprint density at radius 2 is 2.00 bits per heavy atom. The number of nitrogens with one attached hydrogen (secondary N) is 1. The van der Waals surface area contributed by atoms with Crippen molar-refractivity contribution in [2.24, 2.45) is 0 Å². The average molecular weight is 261 g/mol. The summed E-state index contributed by atoms with van der Waals surface area (Å²) in [4.78, 5) is 22.9. The molecule has 1 N–H and O–H groups in total. The standard InChI is InChI=1S/C15H19NO3/c1-4-5-10-19-12(3)15(18)16-14-8-6-13(7-9-14)11(2)17/h4,6-9,12H,1,5,10H2,2-3H3,(H,16,18)/t12-/m0/s1. The molecule has 0 aliphatic rings. The minimum atomic E-state index is -0.521. The van der Waals surface area contributed by atoms with Gasteiger partial charge in [0.05, 0.1) is 6.61 Å². The Morgan fingerprint density at radius 1 is 1.37 bits per heavy atom. The summed E-state index contributed by atoms with van der Waals surface area (Å²) in [6, 6.07) is 6.76. The highest BCUT2D eigenvalue weighted by Gasteiger charge is 2.13. The monoisotopic (exact) mass is 261 g/mol. The van der Waals surface area contributed by atoms with Crippen LogP contribution in [0.1, 0.15) is 30.6 Å². The molecule has 0 unspecified atom stereocenters. The third-order valence-corrected chi connectivity index (χ3v) is 2.62. The topological polar surface area (TPSA) is 55.4 Å². The number of carbonyl (C=O) groups is 2. The molecule has 0 saturated heterocycles. The molecule has 0 fully saturated rings. The highest BCUT2D eigenvalue weighted by Crippen LogP contribution is 2.11. The number of carbonyl (C=O) groups excluding carboxylic acids is 2. The van der Waals surface area contributed by atoms with Crippen LogP contribution in [-0.4, -0.2) is 24.4 Å². The minimum absolute atomic E-state index is 0.000923. The van der Waals surface area contributed by atoms with E-state index in [-0.39, 0.29) is 11.7 Å². The Kier molecular flexibility index (Phi) is 5.96. The second kappa shape index (κ2) is 7.48. The largest absolute Gasteiger partial charge is 0.368 e. The summed E-state index contributed by atoms with van der Waals surface area (Å²) in [6.45, 7) is 7.26. The fourth-order valence-electron chi connectivity index (χ4n) is 1.44. The molecular weight excluding hydrogens is 242 g/mol. The normalized spacial score (nSPS) is 11.7. The molecule has 1 aromatic rings. The van der Waals surface area contributed by atoms with E-state index < -0.39 is 6.10 Å². The number of rotatable bonds is 7. The maximum atomic E-state index is 11.8. The van der Waals surface area contributed by atoms with Crippen LogP contribution in [0.5, 0.6) is 0 Å². The van der Waals surface area contributed by atoms with Crippen molar-refractivity contribution in [2.75, 3.05) is 11.9 Å². The lowest BCUT2D eigenvalue weighted by atomic mass is 10.1. The molecule has 1 rings (SSSR count). The Hall–Kier alpha value is -1.94. The van der Waals surface area contributed by atoms with Crippen molar-refractivity contribution in [3.05, 3.63) is 42.5 Å². The second-order valence-corrected chi connectivity index (χ2v) is 4.21. The van der Waals surface area contributed by atoms with E-state index in [1.54, 1.807) is 37.3 Å². The predicted octanol–water partition coefficient (Wildman–Crippen LogP) is 2.81. The van der Waals surface area contributed by atoms with Crippen molar-refractivity contribution < 1.29 is 14.3 Å². The van der Waals surface area contributed by atoms with E-state index in [4.69, 9.17) is 4.74 Å². The molecule has 1 atom stereocenters. The van der Waals surface area contributed by atoms with Gasteiger partial charge < -0.3 is 10.1 Å². The van der Waals surface area contributed by atoms with Crippen LogP contribution in [0.15, 0.2) is 36.9 Å². The summed E-state index contributed by atoms with van der Waals surface area (Å²) < 4.78 is 5.34. The first kappa shape index (κ1) is 15.1. The van der Waals surface area contributed by atoms with Crippen LogP contribution in [0.2, 0.25) is 0 Å². The quantitative estimate of drug-likeness (QED) is 0.466. The number of ketones is 1. The molecule has 4 heteroatoms. The lowest BCUT2D eigenvalue weighted by Gasteiger charge is -2.13. The molecule has 0 aliphatic carbocycles. The summed E-state index contributed by atoms with van der Waals surface area (Å²) in [5.74, 6) is -0.210. The Balaban J connectivity index is 2.51. The van der Waals surface area contributed by atoms with E-state index in [1.807, 2.05) is 0 Å². The molecule has 19 heavy (non-hydrogen) atoms. The van der Waals surface area contributed by atoms with Gasteiger partial charge in [-0.15, -0.1) is 6.58 Å². The number of hydrogen-bond donors (Lipinski definition) is 1. The van der Waals surface area contributed by atoms with E-state index in [0.717, 1.165) is 0 Å². The Morgan fingerprint density at radius 3 is 2.53 bits per heavy atom. The molecule has 0 saturated carbocycles. The SMILES string of the molecule is C=CCCO[C@@H](C)C(=O)Nc1ccc(C(C)=O)cc1. The molecular formula is C15H19NO3. The molecule has 0 aromatic heterocycles. The molecule has 0 spiro atoms. The number of amides is 1. The number of benzene rings is 1. The zero-order valence-corrected chi connectivity index (χ0v) is 11.3. The van der Waals surface area contributed by atoms with E-state index >= 15 is 0 Å². The Labute approximate surface area is 113 Å². The van der Waals surface area contributed by atoms with Crippen LogP contribution in [0, 0.1) is 0 Å². The van der Waals surface area contributed by atoms with Gasteiger partial charge in [-0.2, -0.15) is 0 Å². The molecule has 1 amide bonds. The summed E-state index contributed by atoms with van der Waals surface area (Å²) in [5.41, 5.74) is 1.27. The van der Waals surface area contributed by atoms with Gasteiger partial charge in [0.2, 0.25) is 0 Å². The molecule has 0 radical (unpaired) electrons. The lowest BCUT2D eigenvalue weighted by molar-refractivity contribution is -0.126. The smallest absolute Gasteiger partial charge is 0.253 e. The van der Waals surface area contributed by atoms with Gasteiger partial charge in [-0.05, 0) is 44.5 Å². The van der Waals surface area contributed by atoms with Crippen molar-refractivity contribution in [3.8, 4) is 0 Å². The van der Waals surface area contributed by atoms with Crippen molar-refractivity contribution >= 4 is 17.4 Å². The predicted molar refractivity (Wildman–Crippen MR) is 75.3 cm³/mol. The van der Waals surface area contributed by atoms with E-state index in [1.165, 1.54) is 6.92 Å². The summed E-state index contributed by atoms with van der Waals surface area (Å²) >= 11 is 0. The molecule has 0 aliphatic heterocycles. The van der Waals surface area contributed by atoms with Crippen molar-refractivity contribution in [1.82, 2.24) is 0 Å². The molecule has 102 valence electrons. The molecule has 0 heterocycles. The first-order valence-corrected chi connectivity index (χ1v) is 6.19. The van der Waals surface area contributed by atoms with Gasteiger partial charge in [0, 0.05) is 11.3 Å². The first-order chi connectivity index (χ1) is 9.04. The van der Waals surface area contributed by atoms with Gasteiger partial charge >= 0.3 is 0 Å². The third kappa shape index (κ3) is 5.06. The van der Waals surface area contributed by atoms with Gasteiger partial charge in [0.15, 0.2) is 5.78 Å². The minimum Gasteiger partial charge on any atom is -0.368 e. The third-order valence-electron chi connectivity index (χ3n) is 2.62. The number of ether oxygens (including phenoxy) is 1. The lowest BCUT2D eigenvalue weighted by Crippen LogP contribution is -2.28. The van der Waals surface area contributed by atoms with Crippen LogP contribution in [0.3, 0.4) is 0 Å². The molecule has 0 bridgehead atoms. The molecule has 4 nitrogen and oxygen atoms in total. The van der Waals surface area contributed by atoms with Gasteiger partial charge in [0.1, 0.15) is 6.10 Å². The van der Waals surface area contributed by atoms with Gasteiger partial charge in [0.25, 0.3) is 5.91 Å². The zero-order valence-electron chi connectivity index (χ0n) is 11.3. The fourth-order valence-corrected chi connectivity index (χ4v) is 1.44. The Bertz CT molecular complexity index is 451. The van der Waals surface area contributed by atoms with Crippen molar-refractivity contribution in [2.45, 2.75) is 26.4 Å². The van der Waals surface area contributed by atoms with E-state index in [0.29, 0.717) is 24.3 Å². The van der Waals surface area contributed by atoms with Crippen LogP contribution < -0.4 is 5.32 Å². The van der Waals surface area contributed by atoms with Gasteiger partial charge in [-0.3, -0.25) is 9.59 Å². The van der Waals surface area contributed by atoms with Crippen LogP contribution >= 0.6 is 0 Å². The summed E-state index contributed by atoms with van der Waals surface area (Å²) in [5, 5.41) is 2.73. The van der Waals surface area contributed by atoms with Gasteiger partial charge in [-0.25, -0.2) is 0 Å². The maximum Gasteiger partial charge on any atom is 0.253 e. The van der Waals surface area contributed by atoms with Crippen LogP contribution in [0.4, 0.5) is 5.69 Å². The van der Waals surface area contributed by atoms with E-state index in [9.17, 15) is 9.59 Å². The first-order valence-electron chi connectivity index (χ1n) is 6.19. The summed E-state index contributed by atoms with van der Waals surface area (Å²) in [6.07, 6.45) is 1.93. The molecule has 1 aromatic carbocycles. The highest BCUT2D eigenvalue weighted by atomic mass is 16.5. The van der Waals surface area contributed by atoms with Crippen molar-refractivity contribution in [1.29, 1.82) is 0 Å². The number of anilines is 1. The number of hydrogen-bond acceptors (Lipinski definition) is 3. The van der Waals surface area contributed by atoms with Crippen molar-refractivity contribution in [3.63, 3.8) is 0 Å². The van der Waals surface area contributed by atoms with E-state index in [2.05, 4.69) is 11.9 Å². The fraction of sp³-hybridized carbons (Fsp3) is 0.333. The van der Waals surface area contributed by atoms with Gasteiger partial charge in [-0.1, -0.05) is 6.08 Å². The average Bonchev–Trinajstić information content (AvgIpc) is 2.39. The van der Waals surface area contributed by atoms with Crippen LogP contribution in [0.25, 0.3) is 0 Å².